The van der Waals surface area contributed by atoms with E-state index in [4.69, 9.17) is 23.2 Å². The van der Waals surface area contributed by atoms with Crippen molar-refractivity contribution in [2.45, 2.75) is 31.7 Å². The first-order valence-electron chi connectivity index (χ1n) is 5.03. The predicted octanol–water partition coefficient (Wildman–Crippen LogP) is 3.54. The van der Waals surface area contributed by atoms with Crippen molar-refractivity contribution >= 4 is 34.7 Å². The molecule has 0 saturated heterocycles. The Kier molecular flexibility index (Phi) is 3.56. The van der Waals surface area contributed by atoms with Crippen molar-refractivity contribution in [1.82, 2.24) is 9.97 Å². The van der Waals surface area contributed by atoms with Gasteiger partial charge < -0.3 is 5.32 Å². The van der Waals surface area contributed by atoms with Gasteiger partial charge in [-0.25, -0.2) is 4.98 Å². The highest BCUT2D eigenvalue weighted by Gasteiger charge is 2.19. The minimum Gasteiger partial charge on any atom is -0.365 e. The van der Waals surface area contributed by atoms with Gasteiger partial charge in [0.1, 0.15) is 0 Å². The van der Waals surface area contributed by atoms with E-state index in [1.54, 1.807) is 0 Å². The molecule has 7 heteroatoms. The average Bonchev–Trinajstić information content (AvgIpc) is 2.70. The highest BCUT2D eigenvalue weighted by atomic mass is 35.5. The van der Waals surface area contributed by atoms with Gasteiger partial charge in [0.05, 0.1) is 0 Å². The molecule has 2 rings (SSSR count). The van der Waals surface area contributed by atoms with Gasteiger partial charge in [-0.2, -0.15) is 4.98 Å². The molecule has 0 radical (unpaired) electrons. The van der Waals surface area contributed by atoms with E-state index in [2.05, 4.69) is 20.5 Å². The first kappa shape index (κ1) is 11.5. The quantitative estimate of drug-likeness (QED) is 0.513. The minimum atomic E-state index is -0.0181. The maximum Gasteiger partial charge on any atom is 0.225 e. The molecule has 0 bridgehead atoms. The summed E-state index contributed by atoms with van der Waals surface area (Å²) in [7, 11) is 0. The smallest absolute Gasteiger partial charge is 0.225 e. The van der Waals surface area contributed by atoms with Crippen LogP contribution in [0.15, 0.2) is 5.18 Å². The molecule has 16 heavy (non-hydrogen) atoms. The number of nitrogens with one attached hydrogen (secondary N) is 1. The second-order valence-electron chi connectivity index (χ2n) is 3.70. The zero-order valence-electron chi connectivity index (χ0n) is 8.41. The molecule has 1 N–H and O–H groups in total. The first-order valence-corrected chi connectivity index (χ1v) is 5.79. The van der Waals surface area contributed by atoms with E-state index >= 15 is 0 Å². The van der Waals surface area contributed by atoms with E-state index < -0.39 is 0 Å². The molecule has 0 amide bonds. The van der Waals surface area contributed by atoms with E-state index in [0.717, 1.165) is 12.8 Å². The van der Waals surface area contributed by atoms with Gasteiger partial charge in [-0.1, -0.05) is 24.4 Å². The summed E-state index contributed by atoms with van der Waals surface area (Å²) in [5.41, 5.74) is 0.0259. The maximum absolute atomic E-state index is 10.6. The fourth-order valence-corrected chi connectivity index (χ4v) is 2.26. The summed E-state index contributed by atoms with van der Waals surface area (Å²) in [4.78, 5) is 18.2. The monoisotopic (exact) mass is 260 g/mol. The Balaban J connectivity index is 2.26. The van der Waals surface area contributed by atoms with Gasteiger partial charge in [0.15, 0.2) is 16.7 Å². The molecule has 5 nitrogen and oxygen atoms in total. The largest absolute Gasteiger partial charge is 0.365 e. The van der Waals surface area contributed by atoms with Crippen molar-refractivity contribution < 1.29 is 0 Å². The number of hydrogen-bond acceptors (Lipinski definition) is 5. The molecule has 1 saturated carbocycles. The van der Waals surface area contributed by atoms with Crippen LogP contribution in [0.1, 0.15) is 25.7 Å². The number of aromatic nitrogens is 2. The van der Waals surface area contributed by atoms with Gasteiger partial charge in [0, 0.05) is 6.04 Å². The number of hydrogen-bond donors (Lipinski definition) is 1. The summed E-state index contributed by atoms with van der Waals surface area (Å²) < 4.78 is 0. The van der Waals surface area contributed by atoms with Crippen LogP contribution in [0, 0.1) is 4.91 Å². The van der Waals surface area contributed by atoms with E-state index in [1.807, 2.05) is 0 Å². The van der Waals surface area contributed by atoms with Crippen LogP contribution in [0.2, 0.25) is 10.4 Å². The fourth-order valence-electron chi connectivity index (χ4n) is 1.85. The maximum atomic E-state index is 10.6. The summed E-state index contributed by atoms with van der Waals surface area (Å²) >= 11 is 11.4. The molecule has 1 heterocycles. The van der Waals surface area contributed by atoms with Crippen LogP contribution < -0.4 is 5.32 Å². The van der Waals surface area contributed by atoms with Crippen LogP contribution in [0.5, 0.6) is 0 Å². The Morgan fingerprint density at radius 1 is 1.25 bits per heavy atom. The van der Waals surface area contributed by atoms with Gasteiger partial charge in [-0.15, -0.1) is 4.91 Å². The highest BCUT2D eigenvalue weighted by Crippen LogP contribution is 2.33. The molecule has 0 spiro atoms. The van der Waals surface area contributed by atoms with E-state index in [-0.39, 0.29) is 16.1 Å². The number of anilines is 1. The fraction of sp³-hybridized carbons (Fsp3) is 0.556. The van der Waals surface area contributed by atoms with Gasteiger partial charge in [0.2, 0.25) is 5.28 Å². The van der Waals surface area contributed by atoms with Crippen molar-refractivity contribution in [2.75, 3.05) is 5.32 Å². The molecule has 0 aromatic carbocycles. The van der Waals surface area contributed by atoms with E-state index in [1.165, 1.54) is 12.8 Å². The van der Waals surface area contributed by atoms with Crippen LogP contribution in [0.4, 0.5) is 11.5 Å². The summed E-state index contributed by atoms with van der Waals surface area (Å²) in [5.74, 6) is 0.326. The standard InChI is InChI=1S/C9H10Cl2N4O/c10-7-6(15-16)8(14-9(11)13-7)12-5-3-1-2-4-5/h5H,1-4H2,(H,12,13,14). The lowest BCUT2D eigenvalue weighted by Gasteiger charge is -2.13. The highest BCUT2D eigenvalue weighted by molar-refractivity contribution is 6.34. The Bertz CT molecular complexity index is 407. The summed E-state index contributed by atoms with van der Waals surface area (Å²) in [6.45, 7) is 0. The van der Waals surface area contributed by atoms with Crippen LogP contribution in [-0.4, -0.2) is 16.0 Å². The molecule has 1 aliphatic rings. The van der Waals surface area contributed by atoms with Crippen molar-refractivity contribution in [2.24, 2.45) is 5.18 Å². The zero-order chi connectivity index (χ0) is 11.5. The zero-order valence-corrected chi connectivity index (χ0v) is 9.92. The van der Waals surface area contributed by atoms with Crippen LogP contribution in [0.25, 0.3) is 0 Å². The number of halogens is 2. The summed E-state index contributed by atoms with van der Waals surface area (Å²) in [6.07, 6.45) is 4.46. The Morgan fingerprint density at radius 2 is 1.94 bits per heavy atom. The second kappa shape index (κ2) is 4.93. The number of rotatable bonds is 3. The molecular weight excluding hydrogens is 251 g/mol. The third-order valence-corrected chi connectivity index (χ3v) is 3.03. The Hall–Kier alpha value is -0.940. The van der Waals surface area contributed by atoms with E-state index in [0.29, 0.717) is 11.9 Å². The van der Waals surface area contributed by atoms with Gasteiger partial charge in [-0.3, -0.25) is 0 Å². The molecule has 1 aromatic rings. The number of nitrogens with zero attached hydrogens (tertiary/aromatic N) is 3. The van der Waals surface area contributed by atoms with Crippen molar-refractivity contribution in [3.05, 3.63) is 15.3 Å². The first-order chi connectivity index (χ1) is 7.70. The second-order valence-corrected chi connectivity index (χ2v) is 4.39. The summed E-state index contributed by atoms with van der Waals surface area (Å²) in [6, 6.07) is 0.308. The molecule has 1 fully saturated rings. The van der Waals surface area contributed by atoms with Crippen LogP contribution >= 0.6 is 23.2 Å². The number of nitroso groups, excluding NO2 is 1. The molecule has 0 aliphatic heterocycles. The van der Waals surface area contributed by atoms with Crippen LogP contribution in [0.3, 0.4) is 0 Å². The average molecular weight is 261 g/mol. The van der Waals surface area contributed by atoms with Gasteiger partial charge in [-0.05, 0) is 29.6 Å². The van der Waals surface area contributed by atoms with Crippen LogP contribution in [-0.2, 0) is 0 Å². The molecular formula is C9H10Cl2N4O. The molecule has 1 aromatic heterocycles. The lowest BCUT2D eigenvalue weighted by Crippen LogP contribution is -2.16. The molecule has 1 aliphatic carbocycles. The third kappa shape index (κ3) is 2.41. The van der Waals surface area contributed by atoms with Crippen molar-refractivity contribution in [3.8, 4) is 0 Å². The van der Waals surface area contributed by atoms with Crippen molar-refractivity contribution in [3.63, 3.8) is 0 Å². The topological polar surface area (TPSA) is 67.2 Å². The van der Waals surface area contributed by atoms with Gasteiger partial charge >= 0.3 is 0 Å². The van der Waals surface area contributed by atoms with E-state index in [9.17, 15) is 4.91 Å². The lowest BCUT2D eigenvalue weighted by molar-refractivity contribution is 0.750. The van der Waals surface area contributed by atoms with Crippen molar-refractivity contribution in [1.29, 1.82) is 0 Å². The predicted molar refractivity (Wildman–Crippen MR) is 63.4 cm³/mol. The Labute approximate surface area is 103 Å². The lowest BCUT2D eigenvalue weighted by atomic mass is 10.2. The van der Waals surface area contributed by atoms with Gasteiger partial charge in [0.25, 0.3) is 0 Å². The normalized spacial score (nSPS) is 16.4. The molecule has 86 valence electrons. The molecule has 0 unspecified atom stereocenters. The summed E-state index contributed by atoms with van der Waals surface area (Å²) in [5, 5.41) is 5.95. The third-order valence-electron chi connectivity index (χ3n) is 2.60. The molecule has 0 atom stereocenters. The Morgan fingerprint density at radius 3 is 2.56 bits per heavy atom. The SMILES string of the molecule is O=Nc1c(Cl)nc(Cl)nc1NC1CCCC1. The minimum absolute atomic E-state index is 0.0119.